The van der Waals surface area contributed by atoms with Crippen LogP contribution < -0.4 is 0 Å². The number of phenols is 1. The number of benzene rings is 1. The van der Waals surface area contributed by atoms with E-state index in [-0.39, 0.29) is 5.75 Å². The van der Waals surface area contributed by atoms with Gasteiger partial charge in [-0.2, -0.15) is 0 Å². The highest BCUT2D eigenvalue weighted by Gasteiger charge is 2.23. The molecule has 1 atom stereocenters. The van der Waals surface area contributed by atoms with Crippen LogP contribution in [0.3, 0.4) is 0 Å². The third-order valence-corrected chi connectivity index (χ3v) is 4.48. The summed E-state index contributed by atoms with van der Waals surface area (Å²) in [5.41, 5.74) is 0.779. The van der Waals surface area contributed by atoms with Crippen LogP contribution in [0.15, 0.2) is 23.2 Å². The van der Waals surface area contributed by atoms with Crippen molar-refractivity contribution < 1.29 is 15.0 Å². The van der Waals surface area contributed by atoms with Gasteiger partial charge < -0.3 is 10.2 Å². The molecular weight excluding hydrogens is 296 g/mol. The molecule has 0 radical (unpaired) electrons. The summed E-state index contributed by atoms with van der Waals surface area (Å²) in [6.45, 7) is 0. The number of carboxylic acids is 1. The fourth-order valence-corrected chi connectivity index (χ4v) is 3.35. The van der Waals surface area contributed by atoms with Gasteiger partial charge in [0.05, 0.1) is 10.2 Å². The van der Waals surface area contributed by atoms with Crippen LogP contribution in [0.5, 0.6) is 5.75 Å². The number of aromatic hydroxyl groups is 1. The van der Waals surface area contributed by atoms with E-state index in [0.29, 0.717) is 15.8 Å². The highest BCUT2D eigenvalue weighted by Crippen LogP contribution is 2.25. The van der Waals surface area contributed by atoms with Crippen LogP contribution in [0.2, 0.25) is 0 Å². The number of carboxylic acid groups (broad SMARTS) is 1. The lowest BCUT2D eigenvalue weighted by Gasteiger charge is -1.93. The Morgan fingerprint density at radius 3 is 3.00 bits per heavy atom. The average Bonchev–Trinajstić information content (AvgIpc) is 3.01. The molecule has 1 unspecified atom stereocenters. The first kappa shape index (κ1) is 13.0. The SMILES string of the molecule is O=C(O)C1CSC(C#Cc2nc3ccc(O)cc3s2)=N1. The smallest absolute Gasteiger partial charge is 0.329 e. The Morgan fingerprint density at radius 2 is 2.25 bits per heavy atom. The number of nitrogens with zero attached hydrogens (tertiary/aromatic N) is 2. The zero-order valence-corrected chi connectivity index (χ0v) is 11.7. The minimum atomic E-state index is -0.926. The van der Waals surface area contributed by atoms with Gasteiger partial charge in [0, 0.05) is 5.75 Å². The number of hydrogen-bond donors (Lipinski definition) is 2. The number of rotatable bonds is 1. The maximum absolute atomic E-state index is 10.8. The highest BCUT2D eigenvalue weighted by molar-refractivity contribution is 8.14. The Morgan fingerprint density at radius 1 is 1.40 bits per heavy atom. The van der Waals surface area contributed by atoms with E-state index in [9.17, 15) is 9.90 Å². The number of phenolic OH excluding ortho intramolecular Hbond substituents is 1. The average molecular weight is 304 g/mol. The third-order valence-electron chi connectivity index (χ3n) is 2.58. The molecule has 2 aromatic rings. The quantitative estimate of drug-likeness (QED) is 0.787. The zero-order valence-electron chi connectivity index (χ0n) is 10.0. The minimum Gasteiger partial charge on any atom is -0.508 e. The number of aliphatic carboxylic acids is 1. The molecule has 0 spiro atoms. The van der Waals surface area contributed by atoms with Crippen LogP contribution in [0.1, 0.15) is 5.01 Å². The van der Waals surface area contributed by atoms with Gasteiger partial charge in [0.15, 0.2) is 11.0 Å². The van der Waals surface area contributed by atoms with Gasteiger partial charge in [0.25, 0.3) is 0 Å². The van der Waals surface area contributed by atoms with Crippen molar-refractivity contribution in [3.63, 3.8) is 0 Å². The molecule has 7 heteroatoms. The van der Waals surface area contributed by atoms with Crippen molar-refractivity contribution in [3.8, 4) is 17.6 Å². The molecule has 1 aliphatic rings. The van der Waals surface area contributed by atoms with E-state index in [4.69, 9.17) is 5.11 Å². The van der Waals surface area contributed by atoms with Gasteiger partial charge in [0.2, 0.25) is 0 Å². The van der Waals surface area contributed by atoms with Crippen molar-refractivity contribution in [2.75, 3.05) is 5.75 Å². The molecule has 20 heavy (non-hydrogen) atoms. The lowest BCUT2D eigenvalue weighted by Crippen LogP contribution is -2.16. The maximum atomic E-state index is 10.8. The molecule has 100 valence electrons. The fourth-order valence-electron chi connectivity index (χ4n) is 1.64. The largest absolute Gasteiger partial charge is 0.508 e. The molecule has 0 aliphatic carbocycles. The Hall–Kier alpha value is -2.04. The summed E-state index contributed by atoms with van der Waals surface area (Å²) in [7, 11) is 0. The monoisotopic (exact) mass is 304 g/mol. The van der Waals surface area contributed by atoms with Crippen molar-refractivity contribution in [2.45, 2.75) is 6.04 Å². The summed E-state index contributed by atoms with van der Waals surface area (Å²) < 4.78 is 0.860. The second-order valence-electron chi connectivity index (χ2n) is 4.02. The summed E-state index contributed by atoms with van der Waals surface area (Å²) in [5.74, 6) is 5.42. The maximum Gasteiger partial charge on any atom is 0.329 e. The van der Waals surface area contributed by atoms with Gasteiger partial charge in [-0.1, -0.05) is 11.8 Å². The fraction of sp³-hybridized carbons (Fsp3) is 0.154. The van der Waals surface area contributed by atoms with Gasteiger partial charge in [-0.25, -0.2) is 9.78 Å². The first-order chi connectivity index (χ1) is 9.61. The van der Waals surface area contributed by atoms with Crippen LogP contribution >= 0.6 is 23.1 Å². The lowest BCUT2D eigenvalue weighted by molar-refractivity contribution is -0.137. The molecular formula is C13H8N2O3S2. The number of thioether (sulfide) groups is 1. The first-order valence-corrected chi connectivity index (χ1v) is 7.47. The van der Waals surface area contributed by atoms with Crippen LogP contribution in [-0.4, -0.2) is 38.0 Å². The summed E-state index contributed by atoms with van der Waals surface area (Å²) in [6.07, 6.45) is 0. The molecule has 3 rings (SSSR count). The van der Waals surface area contributed by atoms with Crippen molar-refractivity contribution in [1.29, 1.82) is 0 Å². The highest BCUT2D eigenvalue weighted by atomic mass is 32.2. The Balaban J connectivity index is 1.86. The van der Waals surface area contributed by atoms with Crippen LogP contribution in [-0.2, 0) is 4.79 Å². The summed E-state index contributed by atoms with van der Waals surface area (Å²) in [5, 5.41) is 19.4. The van der Waals surface area contributed by atoms with Crippen molar-refractivity contribution in [3.05, 3.63) is 23.2 Å². The standard InChI is InChI=1S/C13H8N2O3S2/c16-7-1-2-8-10(5-7)20-12(14-8)4-3-11-15-9(6-19-11)13(17)18/h1-2,5,9,16H,6H2,(H,17,18). The van der Waals surface area contributed by atoms with Gasteiger partial charge in [-0.15, -0.1) is 11.3 Å². The molecule has 1 aliphatic heterocycles. The second-order valence-corrected chi connectivity index (χ2v) is 6.06. The third kappa shape index (κ3) is 2.61. The normalized spacial score (nSPS) is 17.6. The predicted octanol–water partition coefficient (Wildman–Crippen LogP) is 1.95. The van der Waals surface area contributed by atoms with E-state index in [1.807, 2.05) is 0 Å². The lowest BCUT2D eigenvalue weighted by atomic mass is 10.3. The molecule has 0 fully saturated rings. The number of aliphatic imine (C=N–C) groups is 1. The number of hydrogen-bond acceptors (Lipinski definition) is 6. The Kier molecular flexibility index (Phi) is 3.34. The minimum absolute atomic E-state index is 0.195. The van der Waals surface area contributed by atoms with E-state index in [1.165, 1.54) is 23.1 Å². The van der Waals surface area contributed by atoms with E-state index in [1.54, 1.807) is 18.2 Å². The Bertz CT molecular complexity index is 786. The molecule has 0 saturated carbocycles. The topological polar surface area (TPSA) is 82.8 Å². The molecule has 5 nitrogen and oxygen atoms in total. The zero-order chi connectivity index (χ0) is 14.1. The van der Waals surface area contributed by atoms with Gasteiger partial charge >= 0.3 is 5.97 Å². The number of carbonyl (C=O) groups is 1. The molecule has 2 heterocycles. The van der Waals surface area contributed by atoms with Crippen molar-refractivity contribution in [1.82, 2.24) is 4.98 Å². The van der Waals surface area contributed by atoms with Gasteiger partial charge in [0.1, 0.15) is 10.8 Å². The summed E-state index contributed by atoms with van der Waals surface area (Å²) in [6, 6.07) is 4.25. The molecule has 0 bridgehead atoms. The molecule has 0 amide bonds. The molecule has 1 aromatic heterocycles. The molecule has 0 saturated heterocycles. The first-order valence-electron chi connectivity index (χ1n) is 5.67. The van der Waals surface area contributed by atoms with Crippen LogP contribution in [0.4, 0.5) is 0 Å². The van der Waals surface area contributed by atoms with E-state index in [2.05, 4.69) is 21.8 Å². The van der Waals surface area contributed by atoms with Gasteiger partial charge in [-0.3, -0.25) is 4.99 Å². The Labute approximate surface area is 122 Å². The number of thiazole rings is 1. The molecule has 1 aromatic carbocycles. The van der Waals surface area contributed by atoms with Crippen molar-refractivity contribution >= 4 is 44.3 Å². The van der Waals surface area contributed by atoms with Crippen LogP contribution in [0.25, 0.3) is 10.2 Å². The number of aromatic nitrogens is 1. The van der Waals surface area contributed by atoms with Gasteiger partial charge in [-0.05, 0) is 30.0 Å². The molecule has 2 N–H and O–H groups in total. The van der Waals surface area contributed by atoms with Crippen molar-refractivity contribution in [2.24, 2.45) is 4.99 Å². The van der Waals surface area contributed by atoms with E-state index in [0.717, 1.165) is 10.2 Å². The second kappa shape index (κ2) is 5.15. The predicted molar refractivity (Wildman–Crippen MR) is 79.5 cm³/mol. The summed E-state index contributed by atoms with van der Waals surface area (Å²) >= 11 is 2.72. The summed E-state index contributed by atoms with van der Waals surface area (Å²) in [4.78, 5) is 19.1. The number of fused-ring (bicyclic) bond motifs is 1. The van der Waals surface area contributed by atoms with E-state index < -0.39 is 12.0 Å². The van der Waals surface area contributed by atoms with Crippen LogP contribution in [0, 0.1) is 11.8 Å². The van der Waals surface area contributed by atoms with E-state index >= 15 is 0 Å².